The lowest BCUT2D eigenvalue weighted by Gasteiger charge is -2.53. The molecule has 9 aliphatic rings. The van der Waals surface area contributed by atoms with E-state index in [9.17, 15) is 15.0 Å². The van der Waals surface area contributed by atoms with Crippen molar-refractivity contribution in [2.24, 2.45) is 35.5 Å². The van der Waals surface area contributed by atoms with E-state index in [0.29, 0.717) is 69.1 Å². The molecule has 8 fully saturated rings. The lowest BCUT2D eigenvalue weighted by Crippen LogP contribution is -2.62. The zero-order chi connectivity index (χ0) is 42.4. The number of aliphatic hydroxyl groups excluding tert-OH is 1. The Morgan fingerprint density at radius 3 is 2.45 bits per heavy atom. The van der Waals surface area contributed by atoms with Crippen LogP contribution in [0.2, 0.25) is 0 Å². The van der Waals surface area contributed by atoms with E-state index in [1.165, 1.54) is 0 Å². The number of fused-ring (bicyclic) bond motifs is 5. The molecule has 0 aromatic rings. The second-order valence-electron chi connectivity index (χ2n) is 20.9. The number of hydrogen-bond acceptors (Lipinski definition) is 12. The van der Waals surface area contributed by atoms with Crippen LogP contribution in [-0.2, 0) is 42.7 Å². The van der Waals surface area contributed by atoms with Crippen molar-refractivity contribution in [2.75, 3.05) is 6.54 Å². The Morgan fingerprint density at radius 2 is 1.67 bits per heavy atom. The zero-order valence-corrected chi connectivity index (χ0v) is 36.6. The van der Waals surface area contributed by atoms with Crippen molar-refractivity contribution in [2.45, 2.75) is 209 Å². The van der Waals surface area contributed by atoms with Crippen molar-refractivity contribution in [3.8, 4) is 0 Å². The monoisotopic (exact) mass is 841 g/mol. The summed E-state index contributed by atoms with van der Waals surface area (Å²) in [5, 5.41) is 37.3. The molecule has 0 aromatic heterocycles. The van der Waals surface area contributed by atoms with E-state index in [0.717, 1.165) is 37.8 Å². The number of carbonyl (C=O) groups is 1. The summed E-state index contributed by atoms with van der Waals surface area (Å²) in [6.45, 7) is 18.5. The summed E-state index contributed by atoms with van der Waals surface area (Å²) in [5.41, 5.74) is 0.391. The molecule has 0 amide bonds. The van der Waals surface area contributed by atoms with Gasteiger partial charge < -0.3 is 53.2 Å². The molecule has 9 heterocycles. The summed E-state index contributed by atoms with van der Waals surface area (Å²) in [6.07, 6.45) is 12.1. The average molecular weight is 842 g/mol. The van der Waals surface area contributed by atoms with E-state index in [4.69, 9.17) is 43.0 Å². The minimum Gasteiger partial charge on any atom is -0.481 e. The largest absolute Gasteiger partial charge is 0.481 e. The molecule has 9 rings (SSSR count). The Hall–Kier alpha value is -1.75. The van der Waals surface area contributed by atoms with Crippen molar-refractivity contribution >= 4 is 5.97 Å². The van der Waals surface area contributed by atoms with Gasteiger partial charge in [-0.2, -0.15) is 0 Å². The second kappa shape index (κ2) is 16.0. The molecule has 13 heteroatoms. The third kappa shape index (κ3) is 7.81. The minimum absolute atomic E-state index is 0.0112. The van der Waals surface area contributed by atoms with Gasteiger partial charge in [-0.3, -0.25) is 10.1 Å². The summed E-state index contributed by atoms with van der Waals surface area (Å²) >= 11 is 0. The van der Waals surface area contributed by atoms with Gasteiger partial charge in [0.15, 0.2) is 23.1 Å². The highest BCUT2D eigenvalue weighted by molar-refractivity contribution is 5.66. The highest BCUT2D eigenvalue weighted by atomic mass is 16.8. The number of piperidine rings is 1. The van der Waals surface area contributed by atoms with Gasteiger partial charge in [0.2, 0.25) is 0 Å². The zero-order valence-electron chi connectivity index (χ0n) is 36.6. The van der Waals surface area contributed by atoms with Crippen LogP contribution in [0.5, 0.6) is 0 Å². The summed E-state index contributed by atoms with van der Waals surface area (Å²) in [5.74, 6) is -4.29. The molecule has 0 unspecified atom stereocenters. The van der Waals surface area contributed by atoms with Crippen LogP contribution in [0.25, 0.3) is 0 Å². The first-order chi connectivity index (χ1) is 28.4. The number of allylic oxidation sites excluding steroid dienone is 1. The molecule has 336 valence electrons. The Kier molecular flexibility index (Phi) is 11.6. The van der Waals surface area contributed by atoms with Crippen LogP contribution in [0.1, 0.15) is 125 Å². The number of carboxylic acid groups (broad SMARTS) is 1. The summed E-state index contributed by atoms with van der Waals surface area (Å²) < 4.78 is 54.2. The van der Waals surface area contributed by atoms with E-state index < -0.39 is 53.2 Å². The normalized spacial score (nSPS) is 52.9. The predicted molar refractivity (Wildman–Crippen MR) is 219 cm³/mol. The van der Waals surface area contributed by atoms with Crippen LogP contribution in [0.4, 0.5) is 0 Å². The molecule has 0 saturated carbocycles. The topological polar surface area (TPSA) is 164 Å². The highest BCUT2D eigenvalue weighted by Gasteiger charge is 2.64. The molecule has 2 bridgehead atoms. The van der Waals surface area contributed by atoms with Crippen LogP contribution in [0.3, 0.4) is 0 Å². The Morgan fingerprint density at radius 1 is 0.867 bits per heavy atom. The van der Waals surface area contributed by atoms with Crippen LogP contribution in [0, 0.1) is 35.5 Å². The van der Waals surface area contributed by atoms with Gasteiger partial charge in [-0.05, 0) is 61.3 Å². The smallest absolute Gasteiger partial charge is 0.303 e. The van der Waals surface area contributed by atoms with Gasteiger partial charge in [-0.1, -0.05) is 72.4 Å². The molecular formula is C47H71NO12. The van der Waals surface area contributed by atoms with E-state index in [1.807, 2.05) is 25.2 Å². The van der Waals surface area contributed by atoms with Crippen LogP contribution < -0.4 is 5.32 Å². The van der Waals surface area contributed by atoms with Gasteiger partial charge in [0, 0.05) is 69.7 Å². The Balaban J connectivity index is 0.845. The third-order valence-electron chi connectivity index (χ3n) is 15.9. The first-order valence-electron chi connectivity index (χ1n) is 23.2. The van der Waals surface area contributed by atoms with E-state index in [-0.39, 0.29) is 60.8 Å². The SMILES string of the molecule is C=C(C[C@]12C[C@@H](C)C[C@@H](O1)[C@H]1O[C@]3(C[C@H]1O2)NC[C@H](C)C[C@@H]3C)[C@H]1O[C@@](O)([C@H](O)[C@@H]2C[C@H]3O[C@@]4(CC[C@]5(CC=C[C@@H](/C=C/CCC(=O)O)O5)O4)[C@H](C)C[C@H]3O2)[C@H](C)C[C@@H]1C. The summed E-state index contributed by atoms with van der Waals surface area (Å²) in [4.78, 5) is 11.0. The van der Waals surface area contributed by atoms with Crippen molar-refractivity contribution in [3.05, 3.63) is 36.5 Å². The lowest BCUT2D eigenvalue weighted by molar-refractivity contribution is -0.367. The van der Waals surface area contributed by atoms with E-state index in [2.05, 4.69) is 52.6 Å². The number of hydrogen-bond donors (Lipinski definition) is 4. The molecule has 4 N–H and O–H groups in total. The number of carboxylic acids is 1. The van der Waals surface area contributed by atoms with Crippen LogP contribution >= 0.6 is 0 Å². The first kappa shape index (κ1) is 43.5. The molecule has 20 atom stereocenters. The number of rotatable bonds is 9. The molecule has 13 nitrogen and oxygen atoms in total. The fraction of sp³-hybridized carbons (Fsp3) is 0.851. The fourth-order valence-electron chi connectivity index (χ4n) is 12.9. The maximum absolute atomic E-state index is 12.4. The van der Waals surface area contributed by atoms with Crippen molar-refractivity contribution in [1.29, 1.82) is 0 Å². The second-order valence-corrected chi connectivity index (χ2v) is 20.9. The molecular weight excluding hydrogens is 771 g/mol. The molecule has 60 heavy (non-hydrogen) atoms. The van der Waals surface area contributed by atoms with Gasteiger partial charge in [-0.25, -0.2) is 0 Å². The Bertz CT molecular complexity index is 1690. The summed E-state index contributed by atoms with van der Waals surface area (Å²) in [7, 11) is 0. The van der Waals surface area contributed by atoms with E-state index >= 15 is 0 Å². The van der Waals surface area contributed by atoms with Crippen LogP contribution in [-0.4, -0.2) is 112 Å². The standard InChI is InChI=1S/C47H71NO12/c1-26-18-36-41-38(24-45(58-41)30(5)17-27(2)25-48-45)56-44(22-26,55-36)23-29(4)40-28(3)19-32(7)47(52,59-40)42(51)37-21-35-34(53-37)20-31(6)46(57-35)16-15-43(60-46)14-10-12-33(54-43)11-8-9-13-39(49)50/h8,10-12,26-28,30-38,40-42,48,51-52H,4,9,13-25H2,1-3,5-7H3,(H,49,50)/b11-8+/t26-,27+,28-,30-,31+,32+,33+,34+,35+,36+,37-,38+,40-,41+,42+,43-,44+,45-,46+,47+/m0/s1. The van der Waals surface area contributed by atoms with Gasteiger partial charge in [0.05, 0.1) is 42.7 Å². The van der Waals surface area contributed by atoms with Gasteiger partial charge in [0.1, 0.15) is 17.9 Å². The molecule has 3 spiro atoms. The van der Waals surface area contributed by atoms with Gasteiger partial charge in [0.25, 0.3) is 0 Å². The predicted octanol–water partition coefficient (Wildman–Crippen LogP) is 6.26. The maximum Gasteiger partial charge on any atom is 0.303 e. The Labute approximate surface area is 355 Å². The number of ether oxygens (including phenoxy) is 8. The van der Waals surface area contributed by atoms with Gasteiger partial charge >= 0.3 is 5.97 Å². The average Bonchev–Trinajstić information content (AvgIpc) is 3.87. The lowest BCUT2D eigenvalue weighted by atomic mass is 9.76. The third-order valence-corrected chi connectivity index (χ3v) is 15.9. The van der Waals surface area contributed by atoms with Crippen molar-refractivity contribution in [3.63, 3.8) is 0 Å². The molecule has 9 aliphatic heterocycles. The molecule has 0 aromatic carbocycles. The van der Waals surface area contributed by atoms with Gasteiger partial charge in [-0.15, -0.1) is 0 Å². The maximum atomic E-state index is 12.4. The van der Waals surface area contributed by atoms with E-state index in [1.54, 1.807) is 0 Å². The number of nitrogens with one attached hydrogen (secondary N) is 1. The number of aliphatic hydroxyl groups is 2. The highest BCUT2D eigenvalue weighted by Crippen LogP contribution is 2.56. The van der Waals surface area contributed by atoms with Crippen molar-refractivity contribution in [1.82, 2.24) is 5.32 Å². The number of aliphatic carboxylic acids is 1. The molecule has 0 radical (unpaired) electrons. The summed E-state index contributed by atoms with van der Waals surface area (Å²) in [6, 6.07) is 0. The molecule has 0 aliphatic carbocycles. The quantitative estimate of drug-likeness (QED) is 0.193. The minimum atomic E-state index is -1.88. The van der Waals surface area contributed by atoms with Crippen molar-refractivity contribution < 1.29 is 58.0 Å². The fourth-order valence-corrected chi connectivity index (χ4v) is 12.9. The first-order valence-corrected chi connectivity index (χ1v) is 23.2. The van der Waals surface area contributed by atoms with Crippen LogP contribution in [0.15, 0.2) is 36.5 Å². The molecule has 8 saturated heterocycles.